The highest BCUT2D eigenvalue weighted by atomic mass is 79.9. The van der Waals surface area contributed by atoms with Crippen LogP contribution in [0.15, 0.2) is 52.0 Å². The van der Waals surface area contributed by atoms with Crippen molar-refractivity contribution in [3.8, 4) is 0 Å². The zero-order valence-corrected chi connectivity index (χ0v) is 19.5. The number of hydrogen-bond donors (Lipinski definition) is 4. The van der Waals surface area contributed by atoms with Crippen molar-refractivity contribution in [2.45, 2.75) is 45.1 Å². The average molecular weight is 497 g/mol. The Balaban J connectivity index is 3.13. The van der Waals surface area contributed by atoms with Gasteiger partial charge in [-0.3, -0.25) is 9.13 Å². The summed E-state index contributed by atoms with van der Waals surface area (Å²) in [6, 6.07) is 6.36. The van der Waals surface area contributed by atoms with Crippen LogP contribution in [0, 0.1) is 0 Å². The first kappa shape index (κ1) is 25.5. The summed E-state index contributed by atoms with van der Waals surface area (Å²) in [5.41, 5.74) is 2.40. The van der Waals surface area contributed by atoms with Gasteiger partial charge >= 0.3 is 15.2 Å². The summed E-state index contributed by atoms with van der Waals surface area (Å²) in [5.74, 6) is 0. The van der Waals surface area contributed by atoms with Crippen molar-refractivity contribution < 1.29 is 33.4 Å². The van der Waals surface area contributed by atoms with Gasteiger partial charge in [0.25, 0.3) is 5.08 Å². The third-order valence-corrected chi connectivity index (χ3v) is 8.52. The lowest BCUT2D eigenvalue weighted by Crippen LogP contribution is -2.35. The fourth-order valence-corrected chi connectivity index (χ4v) is 5.58. The van der Waals surface area contributed by atoms with Crippen LogP contribution in [0.5, 0.6) is 0 Å². The van der Waals surface area contributed by atoms with E-state index in [0.717, 1.165) is 12.0 Å². The van der Waals surface area contributed by atoms with Gasteiger partial charge in [0.05, 0.1) is 6.61 Å². The Hall–Kier alpha value is -0.560. The molecular weight excluding hydrogens is 470 g/mol. The predicted molar refractivity (Wildman–Crippen MR) is 113 cm³/mol. The van der Waals surface area contributed by atoms with E-state index in [1.165, 1.54) is 17.7 Å². The van der Waals surface area contributed by atoms with Crippen LogP contribution in [-0.2, 0) is 20.3 Å². The Morgan fingerprint density at radius 3 is 2.21 bits per heavy atom. The monoisotopic (exact) mass is 496 g/mol. The molecule has 1 aromatic rings. The van der Waals surface area contributed by atoms with Gasteiger partial charge < -0.3 is 24.3 Å². The maximum absolute atomic E-state index is 12.1. The summed E-state index contributed by atoms with van der Waals surface area (Å²) in [4.78, 5) is 39.3. The largest absolute Gasteiger partial charge is 0.370 e. The molecule has 0 saturated heterocycles. The molecule has 0 aromatic heterocycles. The summed E-state index contributed by atoms with van der Waals surface area (Å²) in [6.07, 6.45) is 4.51. The molecule has 28 heavy (non-hydrogen) atoms. The first-order chi connectivity index (χ1) is 12.8. The summed E-state index contributed by atoms with van der Waals surface area (Å²) in [7, 11) is -10.7. The number of allylic oxidation sites excluding steroid dienone is 3. The van der Waals surface area contributed by atoms with E-state index in [4.69, 9.17) is 4.74 Å². The van der Waals surface area contributed by atoms with E-state index in [-0.39, 0.29) is 6.61 Å². The third-order valence-electron chi connectivity index (χ3n) is 4.07. The third kappa shape index (κ3) is 7.36. The van der Waals surface area contributed by atoms with E-state index >= 15 is 0 Å². The quantitative estimate of drug-likeness (QED) is 0.273. The van der Waals surface area contributed by atoms with Gasteiger partial charge in [0.15, 0.2) is 0 Å². The molecule has 0 amide bonds. The Bertz CT molecular complexity index is 797. The molecule has 0 aliphatic rings. The molecule has 10 heteroatoms. The molecular formula is C18H27BrO7P2. The van der Waals surface area contributed by atoms with E-state index in [1.807, 2.05) is 20.8 Å². The second-order valence-electron chi connectivity index (χ2n) is 6.82. The average Bonchev–Trinajstić information content (AvgIpc) is 2.51. The fourth-order valence-electron chi connectivity index (χ4n) is 2.52. The molecule has 0 heterocycles. The molecule has 7 nitrogen and oxygen atoms in total. The number of halogens is 1. The fraction of sp³-hybridized carbons (Fsp3) is 0.444. The van der Waals surface area contributed by atoms with Gasteiger partial charge in [-0.2, -0.15) is 0 Å². The minimum Gasteiger partial charge on any atom is -0.347 e. The first-order valence-electron chi connectivity index (χ1n) is 8.57. The van der Waals surface area contributed by atoms with Crippen molar-refractivity contribution in [2.75, 3.05) is 6.61 Å². The van der Waals surface area contributed by atoms with Crippen LogP contribution in [0.2, 0.25) is 0 Å². The summed E-state index contributed by atoms with van der Waals surface area (Å²) in [6.45, 7) is 5.47. The standard InChI is InChI=1S/C18H27BrO7P2/c1-14(2)6-4-7-15(3)10-11-26-18(27(20,21)22,28(23,24)25)13-16-8-5-9-17(19)12-16/h5-6,8-10,12H,4,7,11,13H2,1-3H3,(H2,20,21,22)(H2,23,24,25)/b15-10+. The van der Waals surface area contributed by atoms with Crippen LogP contribution < -0.4 is 0 Å². The SMILES string of the molecule is CC(C)=CCC/C(C)=C/COC(Cc1cccc(Br)c1)(P(=O)(O)O)P(=O)(O)O. The minimum absolute atomic E-state index is 0.324. The molecule has 1 rings (SSSR count). The van der Waals surface area contributed by atoms with Crippen LogP contribution >= 0.6 is 31.1 Å². The maximum Gasteiger partial charge on any atom is 0.370 e. The molecule has 0 unspecified atom stereocenters. The molecule has 158 valence electrons. The van der Waals surface area contributed by atoms with Crippen LogP contribution in [-0.4, -0.2) is 31.3 Å². The molecule has 0 saturated carbocycles. The van der Waals surface area contributed by atoms with Gasteiger partial charge in [0, 0.05) is 10.9 Å². The van der Waals surface area contributed by atoms with Gasteiger partial charge in [0.1, 0.15) is 0 Å². The van der Waals surface area contributed by atoms with Crippen molar-refractivity contribution in [1.29, 1.82) is 0 Å². The minimum atomic E-state index is -5.34. The predicted octanol–water partition coefficient (Wildman–Crippen LogP) is 4.71. The Morgan fingerprint density at radius 2 is 1.71 bits per heavy atom. The van der Waals surface area contributed by atoms with Crippen LogP contribution in [0.25, 0.3) is 0 Å². The highest BCUT2D eigenvalue weighted by Crippen LogP contribution is 2.70. The second kappa shape index (κ2) is 10.5. The van der Waals surface area contributed by atoms with Crippen LogP contribution in [0.1, 0.15) is 39.2 Å². The van der Waals surface area contributed by atoms with Gasteiger partial charge in [0.2, 0.25) is 0 Å². The van der Waals surface area contributed by atoms with Crippen molar-refractivity contribution in [3.05, 3.63) is 57.6 Å². The lowest BCUT2D eigenvalue weighted by molar-refractivity contribution is 0.0540. The molecule has 0 fully saturated rings. The van der Waals surface area contributed by atoms with E-state index in [1.54, 1.807) is 18.2 Å². The Morgan fingerprint density at radius 1 is 1.11 bits per heavy atom. The summed E-state index contributed by atoms with van der Waals surface area (Å²) in [5, 5.41) is -2.95. The normalized spacial score (nSPS) is 13.5. The maximum atomic E-state index is 12.1. The highest BCUT2D eigenvalue weighted by Gasteiger charge is 2.61. The number of hydrogen-bond acceptors (Lipinski definition) is 3. The zero-order valence-electron chi connectivity index (χ0n) is 16.1. The number of rotatable bonds is 10. The number of benzene rings is 1. The molecule has 0 radical (unpaired) electrons. The first-order valence-corrected chi connectivity index (χ1v) is 12.6. The molecule has 0 aliphatic carbocycles. The molecule has 0 atom stereocenters. The summed E-state index contributed by atoms with van der Waals surface area (Å²) < 4.78 is 30.2. The molecule has 1 aromatic carbocycles. The van der Waals surface area contributed by atoms with Crippen molar-refractivity contribution in [2.24, 2.45) is 0 Å². The van der Waals surface area contributed by atoms with Crippen LogP contribution in [0.3, 0.4) is 0 Å². The Labute approximate surface area is 174 Å². The van der Waals surface area contributed by atoms with E-state index in [2.05, 4.69) is 22.0 Å². The smallest absolute Gasteiger partial charge is 0.347 e. The van der Waals surface area contributed by atoms with E-state index in [0.29, 0.717) is 16.5 Å². The van der Waals surface area contributed by atoms with Gasteiger partial charge in [-0.1, -0.05) is 51.4 Å². The molecule has 0 spiro atoms. The van der Waals surface area contributed by atoms with Crippen molar-refractivity contribution >= 4 is 31.1 Å². The lowest BCUT2D eigenvalue weighted by Gasteiger charge is -2.34. The zero-order chi connectivity index (χ0) is 21.6. The van der Waals surface area contributed by atoms with Crippen LogP contribution in [0.4, 0.5) is 0 Å². The van der Waals surface area contributed by atoms with Crippen molar-refractivity contribution in [3.63, 3.8) is 0 Å². The highest BCUT2D eigenvalue weighted by molar-refractivity contribution is 9.10. The number of ether oxygens (including phenoxy) is 1. The van der Waals surface area contributed by atoms with E-state index < -0.39 is 26.7 Å². The second-order valence-corrected chi connectivity index (χ2v) is 11.7. The van der Waals surface area contributed by atoms with Crippen molar-refractivity contribution in [1.82, 2.24) is 0 Å². The lowest BCUT2D eigenvalue weighted by atomic mass is 10.1. The van der Waals surface area contributed by atoms with Gasteiger partial charge in [-0.25, -0.2) is 0 Å². The molecule has 4 N–H and O–H groups in total. The molecule has 0 bridgehead atoms. The molecule has 0 aliphatic heterocycles. The van der Waals surface area contributed by atoms with Gasteiger partial charge in [-0.05, 0) is 51.3 Å². The topological polar surface area (TPSA) is 124 Å². The van der Waals surface area contributed by atoms with E-state index in [9.17, 15) is 28.7 Å². The summed E-state index contributed by atoms with van der Waals surface area (Å²) >= 11 is 3.23. The van der Waals surface area contributed by atoms with Gasteiger partial charge in [-0.15, -0.1) is 0 Å². The Kier molecular flexibility index (Phi) is 9.52.